The van der Waals surface area contributed by atoms with Gasteiger partial charge in [0.15, 0.2) is 5.96 Å². The molecule has 7 heteroatoms. The topological polar surface area (TPSA) is 66.0 Å². The maximum absolute atomic E-state index is 11.2. The number of hydrogen-bond acceptors (Lipinski definition) is 3. The SMILES string of the molecule is CCNC(=NCCOc1cccc(NC(C)=O)c1)N1CCC2(CCCC2)C1.I. The summed E-state index contributed by atoms with van der Waals surface area (Å²) in [6, 6.07) is 7.45. The molecule has 1 saturated carbocycles. The molecule has 0 aromatic heterocycles. The standard InChI is InChI=1S/C21H32N4O2.HI/c1-3-22-20(25-13-11-21(16-25)9-4-5-10-21)23-12-14-27-19-8-6-7-18(15-19)24-17(2)26;/h6-8,15H,3-5,9-14,16H2,1-2H3,(H,22,23)(H,24,26);1H. The molecular weight excluding hydrogens is 467 g/mol. The Morgan fingerprint density at radius 3 is 2.79 bits per heavy atom. The summed E-state index contributed by atoms with van der Waals surface area (Å²) in [6.07, 6.45) is 6.80. The predicted octanol–water partition coefficient (Wildman–Crippen LogP) is 3.87. The largest absolute Gasteiger partial charge is 0.492 e. The van der Waals surface area contributed by atoms with Gasteiger partial charge < -0.3 is 20.3 Å². The van der Waals surface area contributed by atoms with Crippen LogP contribution in [0.1, 0.15) is 46.0 Å². The fourth-order valence-electron chi connectivity index (χ4n) is 4.26. The molecule has 1 heterocycles. The van der Waals surface area contributed by atoms with E-state index in [1.165, 1.54) is 39.0 Å². The lowest BCUT2D eigenvalue weighted by atomic mass is 9.86. The average Bonchev–Trinajstić information content (AvgIpc) is 3.28. The van der Waals surface area contributed by atoms with E-state index < -0.39 is 0 Å². The predicted molar refractivity (Wildman–Crippen MR) is 125 cm³/mol. The van der Waals surface area contributed by atoms with Crippen molar-refractivity contribution in [2.75, 3.05) is 38.1 Å². The highest BCUT2D eigenvalue weighted by molar-refractivity contribution is 14.0. The summed E-state index contributed by atoms with van der Waals surface area (Å²) in [6.45, 7) is 7.85. The van der Waals surface area contributed by atoms with Crippen LogP contribution in [0.15, 0.2) is 29.3 Å². The Morgan fingerprint density at radius 1 is 1.29 bits per heavy atom. The van der Waals surface area contributed by atoms with Crippen LogP contribution in [0.4, 0.5) is 5.69 Å². The maximum atomic E-state index is 11.2. The Hall–Kier alpha value is -1.51. The molecule has 0 bridgehead atoms. The first-order chi connectivity index (χ1) is 13.1. The highest BCUT2D eigenvalue weighted by atomic mass is 127. The van der Waals surface area contributed by atoms with E-state index in [-0.39, 0.29) is 29.9 Å². The molecule has 3 rings (SSSR count). The van der Waals surface area contributed by atoms with Crippen molar-refractivity contribution in [2.24, 2.45) is 10.4 Å². The van der Waals surface area contributed by atoms with Crippen molar-refractivity contribution in [1.82, 2.24) is 10.2 Å². The number of rotatable bonds is 6. The van der Waals surface area contributed by atoms with Gasteiger partial charge in [-0.05, 0) is 43.7 Å². The van der Waals surface area contributed by atoms with Gasteiger partial charge in [-0.15, -0.1) is 24.0 Å². The molecule has 1 saturated heterocycles. The van der Waals surface area contributed by atoms with E-state index in [4.69, 9.17) is 9.73 Å². The number of nitrogens with zero attached hydrogens (tertiary/aromatic N) is 2. The molecule has 2 fully saturated rings. The maximum Gasteiger partial charge on any atom is 0.221 e. The van der Waals surface area contributed by atoms with Crippen LogP contribution in [0, 0.1) is 5.41 Å². The monoisotopic (exact) mass is 500 g/mol. The van der Waals surface area contributed by atoms with Crippen molar-refractivity contribution in [3.8, 4) is 5.75 Å². The first kappa shape index (κ1) is 22.8. The van der Waals surface area contributed by atoms with E-state index >= 15 is 0 Å². The van der Waals surface area contributed by atoms with E-state index in [0.29, 0.717) is 18.6 Å². The number of halogens is 1. The normalized spacial score (nSPS) is 18.1. The molecule has 1 spiro atoms. The first-order valence-corrected chi connectivity index (χ1v) is 10.1. The molecule has 0 atom stereocenters. The smallest absolute Gasteiger partial charge is 0.221 e. The summed E-state index contributed by atoms with van der Waals surface area (Å²) in [5.41, 5.74) is 1.28. The van der Waals surface area contributed by atoms with Gasteiger partial charge in [-0.3, -0.25) is 4.79 Å². The second-order valence-corrected chi connectivity index (χ2v) is 7.67. The van der Waals surface area contributed by atoms with Crippen LogP contribution in [0.2, 0.25) is 0 Å². The van der Waals surface area contributed by atoms with Gasteiger partial charge >= 0.3 is 0 Å². The Bertz CT molecular complexity index is 674. The second kappa shape index (κ2) is 10.9. The zero-order valence-electron chi connectivity index (χ0n) is 17.0. The molecule has 0 unspecified atom stereocenters. The number of likely N-dealkylation sites (tertiary alicyclic amines) is 1. The van der Waals surface area contributed by atoms with Gasteiger partial charge in [0.2, 0.25) is 5.91 Å². The van der Waals surface area contributed by atoms with Gasteiger partial charge in [-0.1, -0.05) is 18.9 Å². The van der Waals surface area contributed by atoms with E-state index in [1.54, 1.807) is 0 Å². The van der Waals surface area contributed by atoms with Crippen molar-refractivity contribution in [3.05, 3.63) is 24.3 Å². The summed E-state index contributed by atoms with van der Waals surface area (Å²) < 4.78 is 5.81. The van der Waals surface area contributed by atoms with Crippen LogP contribution in [0.3, 0.4) is 0 Å². The fraction of sp³-hybridized carbons (Fsp3) is 0.619. The minimum absolute atomic E-state index is 0. The highest BCUT2D eigenvalue weighted by Gasteiger charge is 2.41. The Kier molecular flexibility index (Phi) is 8.85. The van der Waals surface area contributed by atoms with E-state index in [1.807, 2.05) is 24.3 Å². The molecule has 1 aliphatic heterocycles. The molecule has 156 valence electrons. The van der Waals surface area contributed by atoms with Crippen LogP contribution in [0.5, 0.6) is 5.75 Å². The molecule has 1 amide bonds. The van der Waals surface area contributed by atoms with E-state index in [0.717, 1.165) is 37.0 Å². The number of nitrogens with one attached hydrogen (secondary N) is 2. The molecule has 2 N–H and O–H groups in total. The lowest BCUT2D eigenvalue weighted by molar-refractivity contribution is -0.114. The van der Waals surface area contributed by atoms with Gasteiger partial charge in [0.25, 0.3) is 0 Å². The highest BCUT2D eigenvalue weighted by Crippen LogP contribution is 2.45. The molecule has 1 aromatic rings. The van der Waals surface area contributed by atoms with Crippen LogP contribution in [-0.4, -0.2) is 49.6 Å². The Balaban J connectivity index is 0.00000280. The number of carbonyl (C=O) groups is 1. The lowest BCUT2D eigenvalue weighted by Gasteiger charge is -2.26. The quantitative estimate of drug-likeness (QED) is 0.270. The number of anilines is 1. The Labute approximate surface area is 185 Å². The third-order valence-electron chi connectivity index (χ3n) is 5.51. The average molecular weight is 500 g/mol. The van der Waals surface area contributed by atoms with E-state index in [2.05, 4.69) is 22.5 Å². The number of guanidine groups is 1. The summed E-state index contributed by atoms with van der Waals surface area (Å²) in [7, 11) is 0. The summed E-state index contributed by atoms with van der Waals surface area (Å²) in [4.78, 5) is 18.4. The van der Waals surface area contributed by atoms with Crippen molar-refractivity contribution in [1.29, 1.82) is 0 Å². The van der Waals surface area contributed by atoms with E-state index in [9.17, 15) is 4.79 Å². The molecule has 28 heavy (non-hydrogen) atoms. The summed E-state index contributed by atoms with van der Waals surface area (Å²) in [5, 5.41) is 6.20. The molecule has 6 nitrogen and oxygen atoms in total. The molecule has 1 aliphatic carbocycles. The van der Waals surface area contributed by atoms with Gasteiger partial charge in [-0.25, -0.2) is 4.99 Å². The minimum Gasteiger partial charge on any atom is -0.492 e. The van der Waals surface area contributed by atoms with Crippen molar-refractivity contribution in [3.63, 3.8) is 0 Å². The number of carbonyl (C=O) groups excluding carboxylic acids is 1. The fourth-order valence-corrected chi connectivity index (χ4v) is 4.26. The van der Waals surface area contributed by atoms with Gasteiger partial charge in [0.05, 0.1) is 6.54 Å². The summed E-state index contributed by atoms with van der Waals surface area (Å²) in [5.74, 6) is 1.67. The Morgan fingerprint density at radius 2 is 2.07 bits per heavy atom. The number of amides is 1. The van der Waals surface area contributed by atoms with Gasteiger partial charge in [-0.2, -0.15) is 0 Å². The zero-order valence-corrected chi connectivity index (χ0v) is 19.3. The molecule has 2 aliphatic rings. The van der Waals surface area contributed by atoms with Crippen molar-refractivity contribution >= 4 is 41.5 Å². The van der Waals surface area contributed by atoms with Crippen LogP contribution < -0.4 is 15.4 Å². The number of benzene rings is 1. The third-order valence-corrected chi connectivity index (χ3v) is 5.51. The third kappa shape index (κ3) is 6.25. The minimum atomic E-state index is -0.0855. The number of aliphatic imine (C=N–C) groups is 1. The van der Waals surface area contributed by atoms with Gasteiger partial charge in [0.1, 0.15) is 12.4 Å². The zero-order chi connectivity index (χ0) is 19.1. The number of hydrogen-bond donors (Lipinski definition) is 2. The summed E-state index contributed by atoms with van der Waals surface area (Å²) >= 11 is 0. The van der Waals surface area contributed by atoms with Crippen molar-refractivity contribution < 1.29 is 9.53 Å². The van der Waals surface area contributed by atoms with Gasteiger partial charge in [0, 0.05) is 38.3 Å². The first-order valence-electron chi connectivity index (χ1n) is 10.1. The molecule has 0 radical (unpaired) electrons. The lowest BCUT2D eigenvalue weighted by Crippen LogP contribution is -2.41. The molecule has 1 aromatic carbocycles. The number of ether oxygens (including phenoxy) is 1. The van der Waals surface area contributed by atoms with Crippen LogP contribution in [0.25, 0.3) is 0 Å². The van der Waals surface area contributed by atoms with Crippen molar-refractivity contribution in [2.45, 2.75) is 46.0 Å². The second-order valence-electron chi connectivity index (χ2n) is 7.67. The van der Waals surface area contributed by atoms with Crippen LogP contribution in [-0.2, 0) is 4.79 Å². The van der Waals surface area contributed by atoms with Crippen LogP contribution >= 0.6 is 24.0 Å². The molecular formula is C21H33IN4O2.